The molecule has 0 aliphatic carbocycles. The lowest BCUT2D eigenvalue weighted by Crippen LogP contribution is -2.10. The largest absolute Gasteiger partial charge is 0.329 e. The van der Waals surface area contributed by atoms with Crippen molar-refractivity contribution in [2.45, 2.75) is 26.3 Å². The number of aromatic nitrogens is 2. The molecular weight excluding hydrogens is 302 g/mol. The molecule has 0 radical (unpaired) electrons. The average molecular weight is 322 g/mol. The van der Waals surface area contributed by atoms with Crippen LogP contribution < -0.4 is 5.32 Å². The van der Waals surface area contributed by atoms with E-state index in [0.29, 0.717) is 5.92 Å². The molecular formula is C15H20BrN3. The molecule has 1 heterocycles. The third-order valence-corrected chi connectivity index (χ3v) is 3.88. The van der Waals surface area contributed by atoms with E-state index in [0.717, 1.165) is 22.7 Å². The molecule has 0 fully saturated rings. The molecule has 0 saturated carbocycles. The van der Waals surface area contributed by atoms with Crippen LogP contribution in [0.5, 0.6) is 0 Å². The first-order valence-corrected chi connectivity index (χ1v) is 7.30. The molecule has 1 aromatic carbocycles. The topological polar surface area (TPSA) is 29.9 Å². The number of imidazole rings is 1. The molecule has 0 aliphatic heterocycles. The quantitative estimate of drug-likeness (QED) is 0.930. The molecule has 0 amide bonds. The minimum Gasteiger partial charge on any atom is -0.329 e. The third kappa shape index (κ3) is 2.90. The lowest BCUT2D eigenvalue weighted by molar-refractivity contribution is 0.712. The van der Waals surface area contributed by atoms with E-state index < -0.39 is 0 Å². The van der Waals surface area contributed by atoms with Crippen LogP contribution >= 0.6 is 15.9 Å². The summed E-state index contributed by atoms with van der Waals surface area (Å²) in [7, 11) is 3.98. The van der Waals surface area contributed by atoms with Gasteiger partial charge in [0.15, 0.2) is 0 Å². The van der Waals surface area contributed by atoms with Gasteiger partial charge in [-0.25, -0.2) is 4.98 Å². The van der Waals surface area contributed by atoms with E-state index in [2.05, 4.69) is 76.0 Å². The maximum absolute atomic E-state index is 4.55. The summed E-state index contributed by atoms with van der Waals surface area (Å²) in [5, 5.41) is 3.14. The summed E-state index contributed by atoms with van der Waals surface area (Å²) in [4.78, 5) is 4.55. The molecule has 3 nitrogen and oxygen atoms in total. The van der Waals surface area contributed by atoms with Gasteiger partial charge in [0.25, 0.3) is 0 Å². The fraction of sp³-hybridized carbons (Fsp3) is 0.400. The van der Waals surface area contributed by atoms with E-state index in [-0.39, 0.29) is 0 Å². The minimum absolute atomic E-state index is 0.559. The first-order chi connectivity index (χ1) is 9.04. The second kappa shape index (κ2) is 5.88. The van der Waals surface area contributed by atoms with Crippen LogP contribution in [0.2, 0.25) is 0 Å². The van der Waals surface area contributed by atoms with E-state index >= 15 is 0 Å². The Bertz CT molecular complexity index is 556. The summed E-state index contributed by atoms with van der Waals surface area (Å²) in [6, 6.07) is 8.72. The van der Waals surface area contributed by atoms with Crippen LogP contribution in [0, 0.1) is 0 Å². The number of rotatable bonds is 4. The smallest absolute Gasteiger partial charge is 0.132 e. The van der Waals surface area contributed by atoms with Gasteiger partial charge in [-0.1, -0.05) is 38.1 Å². The van der Waals surface area contributed by atoms with E-state index in [1.807, 2.05) is 7.05 Å². The molecule has 2 aromatic rings. The minimum atomic E-state index is 0.559. The highest BCUT2D eigenvalue weighted by atomic mass is 79.9. The molecule has 102 valence electrons. The summed E-state index contributed by atoms with van der Waals surface area (Å²) in [6.07, 6.45) is 0. The Kier molecular flexibility index (Phi) is 4.42. The predicted molar refractivity (Wildman–Crippen MR) is 83.2 cm³/mol. The van der Waals surface area contributed by atoms with Crippen LogP contribution in [-0.2, 0) is 13.6 Å². The van der Waals surface area contributed by atoms with Gasteiger partial charge in [0.05, 0.1) is 12.2 Å². The van der Waals surface area contributed by atoms with E-state index in [1.54, 1.807) is 0 Å². The Labute approximate surface area is 123 Å². The van der Waals surface area contributed by atoms with Crippen LogP contribution in [0.25, 0.3) is 11.3 Å². The van der Waals surface area contributed by atoms with Crippen molar-refractivity contribution in [3.8, 4) is 11.3 Å². The van der Waals surface area contributed by atoms with Crippen molar-refractivity contribution in [2.24, 2.45) is 7.05 Å². The van der Waals surface area contributed by atoms with Crippen molar-refractivity contribution in [3.63, 3.8) is 0 Å². The number of benzene rings is 1. The van der Waals surface area contributed by atoms with Crippen LogP contribution in [0.4, 0.5) is 0 Å². The zero-order valence-electron chi connectivity index (χ0n) is 11.9. The molecule has 1 aromatic heterocycles. The van der Waals surface area contributed by atoms with Crippen LogP contribution in [0.3, 0.4) is 0 Å². The van der Waals surface area contributed by atoms with Crippen molar-refractivity contribution in [1.29, 1.82) is 0 Å². The molecule has 0 unspecified atom stereocenters. The van der Waals surface area contributed by atoms with Gasteiger partial charge >= 0.3 is 0 Å². The molecule has 0 saturated heterocycles. The van der Waals surface area contributed by atoms with Gasteiger partial charge in [-0.2, -0.15) is 0 Å². The van der Waals surface area contributed by atoms with Crippen LogP contribution in [0.1, 0.15) is 31.2 Å². The average Bonchev–Trinajstić information content (AvgIpc) is 2.65. The summed E-state index contributed by atoms with van der Waals surface area (Å²) < 4.78 is 3.03. The Hall–Kier alpha value is -1.13. The van der Waals surface area contributed by atoms with Crippen molar-refractivity contribution in [1.82, 2.24) is 14.9 Å². The molecule has 0 bridgehead atoms. The highest BCUT2D eigenvalue weighted by Crippen LogP contribution is 2.29. The Morgan fingerprint density at radius 3 is 2.42 bits per heavy atom. The first kappa shape index (κ1) is 14.3. The molecule has 19 heavy (non-hydrogen) atoms. The SMILES string of the molecule is CNCc1nc(Br)c(-c2ccc(C(C)C)cc2)n1C. The van der Waals surface area contributed by atoms with Gasteiger partial charge in [-0.05, 0) is 34.5 Å². The van der Waals surface area contributed by atoms with E-state index in [9.17, 15) is 0 Å². The highest BCUT2D eigenvalue weighted by Gasteiger charge is 2.14. The van der Waals surface area contributed by atoms with Gasteiger partial charge in [-0.3, -0.25) is 0 Å². The standard InChI is InChI=1S/C15H20BrN3/c1-10(2)11-5-7-12(8-6-11)14-15(16)18-13(9-17-3)19(14)4/h5-8,10,17H,9H2,1-4H3. The van der Waals surface area contributed by atoms with E-state index in [1.165, 1.54) is 11.1 Å². The zero-order valence-corrected chi connectivity index (χ0v) is 13.5. The van der Waals surface area contributed by atoms with Crippen molar-refractivity contribution in [3.05, 3.63) is 40.3 Å². The predicted octanol–water partition coefficient (Wildman–Crippen LogP) is 3.69. The lowest BCUT2D eigenvalue weighted by Gasteiger charge is -2.09. The molecule has 1 N–H and O–H groups in total. The van der Waals surface area contributed by atoms with Crippen molar-refractivity contribution < 1.29 is 0 Å². The molecule has 0 spiro atoms. The van der Waals surface area contributed by atoms with Crippen LogP contribution in [-0.4, -0.2) is 16.6 Å². The molecule has 2 rings (SSSR count). The second-order valence-corrected chi connectivity index (χ2v) is 5.78. The normalized spacial score (nSPS) is 11.3. The van der Waals surface area contributed by atoms with Gasteiger partial charge in [0, 0.05) is 12.6 Å². The summed E-state index contributed by atoms with van der Waals surface area (Å²) >= 11 is 3.56. The van der Waals surface area contributed by atoms with Gasteiger partial charge < -0.3 is 9.88 Å². The fourth-order valence-electron chi connectivity index (χ4n) is 2.16. The lowest BCUT2D eigenvalue weighted by atomic mass is 10.0. The zero-order chi connectivity index (χ0) is 14.0. The summed E-state index contributed by atoms with van der Waals surface area (Å²) in [5.74, 6) is 1.58. The number of halogens is 1. The number of nitrogens with one attached hydrogen (secondary N) is 1. The highest BCUT2D eigenvalue weighted by molar-refractivity contribution is 9.10. The number of nitrogens with zero attached hydrogens (tertiary/aromatic N) is 2. The van der Waals surface area contributed by atoms with Gasteiger partial charge in [-0.15, -0.1) is 0 Å². The first-order valence-electron chi connectivity index (χ1n) is 6.50. The Morgan fingerprint density at radius 2 is 1.89 bits per heavy atom. The van der Waals surface area contributed by atoms with Crippen molar-refractivity contribution >= 4 is 15.9 Å². The van der Waals surface area contributed by atoms with Gasteiger partial charge in [0.1, 0.15) is 10.4 Å². The molecule has 0 atom stereocenters. The van der Waals surface area contributed by atoms with Gasteiger partial charge in [0.2, 0.25) is 0 Å². The fourth-order valence-corrected chi connectivity index (χ4v) is 2.86. The Morgan fingerprint density at radius 1 is 1.26 bits per heavy atom. The van der Waals surface area contributed by atoms with Crippen LogP contribution in [0.15, 0.2) is 28.9 Å². The third-order valence-electron chi connectivity index (χ3n) is 3.33. The number of hydrogen-bond acceptors (Lipinski definition) is 2. The monoisotopic (exact) mass is 321 g/mol. The summed E-state index contributed by atoms with van der Waals surface area (Å²) in [6.45, 7) is 5.18. The molecule has 4 heteroatoms. The maximum atomic E-state index is 4.55. The van der Waals surface area contributed by atoms with E-state index in [4.69, 9.17) is 0 Å². The maximum Gasteiger partial charge on any atom is 0.132 e. The number of hydrogen-bond donors (Lipinski definition) is 1. The molecule has 0 aliphatic rings. The van der Waals surface area contributed by atoms with Crippen molar-refractivity contribution in [2.75, 3.05) is 7.05 Å². The second-order valence-electron chi connectivity index (χ2n) is 5.03. The summed E-state index contributed by atoms with van der Waals surface area (Å²) in [5.41, 5.74) is 3.67. The Balaban J connectivity index is 2.41.